The van der Waals surface area contributed by atoms with Crippen LogP contribution in [0.5, 0.6) is 0 Å². The highest BCUT2D eigenvalue weighted by Crippen LogP contribution is 2.29. The van der Waals surface area contributed by atoms with Crippen molar-refractivity contribution in [2.45, 2.75) is 25.9 Å². The molecule has 3 nitrogen and oxygen atoms in total. The second-order valence-corrected chi connectivity index (χ2v) is 5.91. The Labute approximate surface area is 141 Å². The molecule has 2 rings (SSSR count). The van der Waals surface area contributed by atoms with Crippen molar-refractivity contribution in [3.05, 3.63) is 34.3 Å². The molecule has 2 atom stereocenters. The van der Waals surface area contributed by atoms with Crippen LogP contribution in [0.25, 0.3) is 0 Å². The molecule has 1 aliphatic rings. The van der Waals surface area contributed by atoms with Crippen molar-refractivity contribution in [3.63, 3.8) is 0 Å². The van der Waals surface area contributed by atoms with E-state index in [1.807, 2.05) is 7.05 Å². The van der Waals surface area contributed by atoms with E-state index in [1.54, 1.807) is 0 Å². The number of nitrogens with one attached hydrogen (secondary N) is 1. The fraction of sp³-hybridized carbons (Fsp3) is 0.500. The molecular weight excluding hydrogens is 417 g/mol. The summed E-state index contributed by atoms with van der Waals surface area (Å²) in [7, 11) is 3.91. The Morgan fingerprint density at radius 1 is 1.42 bits per heavy atom. The molecule has 19 heavy (non-hydrogen) atoms. The van der Waals surface area contributed by atoms with Gasteiger partial charge >= 0.3 is 0 Å². The van der Waals surface area contributed by atoms with Gasteiger partial charge in [-0.15, -0.1) is 24.0 Å². The molecular formula is C14H21BrIN3. The monoisotopic (exact) mass is 437 g/mol. The molecule has 0 radical (unpaired) electrons. The molecule has 0 aromatic heterocycles. The van der Waals surface area contributed by atoms with Crippen molar-refractivity contribution in [1.29, 1.82) is 0 Å². The Bertz CT molecular complexity index is 433. The lowest BCUT2D eigenvalue weighted by Crippen LogP contribution is -2.40. The Hall–Kier alpha value is -0.300. The van der Waals surface area contributed by atoms with Gasteiger partial charge in [-0.05, 0) is 30.0 Å². The standard InChI is InChI=1S/C14H20BrN3.HI/c1-10-8-13(10)17-14(16-2)18(3)9-11-4-6-12(15)7-5-11;/h4-7,10,13H,8-9H2,1-3H3,(H,16,17);1H. The number of rotatable bonds is 3. The smallest absolute Gasteiger partial charge is 0.193 e. The lowest BCUT2D eigenvalue weighted by molar-refractivity contribution is 0.474. The van der Waals surface area contributed by atoms with Gasteiger partial charge in [-0.25, -0.2) is 0 Å². The third-order valence-electron chi connectivity index (χ3n) is 3.33. The minimum absolute atomic E-state index is 0. The van der Waals surface area contributed by atoms with E-state index in [0.29, 0.717) is 6.04 Å². The second-order valence-electron chi connectivity index (χ2n) is 4.99. The number of halogens is 2. The molecule has 5 heteroatoms. The summed E-state index contributed by atoms with van der Waals surface area (Å²) in [6.45, 7) is 3.13. The van der Waals surface area contributed by atoms with Crippen LogP contribution >= 0.6 is 39.9 Å². The number of nitrogens with zero attached hydrogens (tertiary/aromatic N) is 2. The van der Waals surface area contributed by atoms with Crippen molar-refractivity contribution in [2.24, 2.45) is 10.9 Å². The van der Waals surface area contributed by atoms with Crippen LogP contribution in [0.3, 0.4) is 0 Å². The normalized spacial score (nSPS) is 21.6. The van der Waals surface area contributed by atoms with Gasteiger partial charge in [0.25, 0.3) is 0 Å². The van der Waals surface area contributed by atoms with Gasteiger partial charge in [0.15, 0.2) is 5.96 Å². The molecule has 1 saturated carbocycles. The van der Waals surface area contributed by atoms with Crippen molar-refractivity contribution in [3.8, 4) is 0 Å². The first-order chi connectivity index (χ1) is 8.60. The molecule has 0 saturated heterocycles. The topological polar surface area (TPSA) is 27.6 Å². The summed E-state index contributed by atoms with van der Waals surface area (Å²) in [5, 5.41) is 3.49. The van der Waals surface area contributed by atoms with Gasteiger partial charge in [0.2, 0.25) is 0 Å². The van der Waals surface area contributed by atoms with Crippen LogP contribution in [0.1, 0.15) is 18.9 Å². The Morgan fingerprint density at radius 3 is 2.47 bits per heavy atom. The van der Waals surface area contributed by atoms with Gasteiger partial charge in [0.05, 0.1) is 0 Å². The minimum atomic E-state index is 0. The van der Waals surface area contributed by atoms with E-state index in [1.165, 1.54) is 12.0 Å². The quantitative estimate of drug-likeness (QED) is 0.445. The average Bonchev–Trinajstić information content (AvgIpc) is 3.05. The maximum atomic E-state index is 4.34. The highest BCUT2D eigenvalue weighted by Gasteiger charge is 2.33. The molecule has 0 aliphatic heterocycles. The van der Waals surface area contributed by atoms with Gasteiger partial charge in [-0.2, -0.15) is 0 Å². The fourth-order valence-corrected chi connectivity index (χ4v) is 2.24. The van der Waals surface area contributed by atoms with E-state index in [9.17, 15) is 0 Å². The van der Waals surface area contributed by atoms with Crippen LogP contribution in [0.2, 0.25) is 0 Å². The first-order valence-corrected chi connectivity index (χ1v) is 7.08. The average molecular weight is 438 g/mol. The predicted octanol–water partition coefficient (Wildman–Crippen LogP) is 3.48. The number of aliphatic imine (C=N–C) groups is 1. The summed E-state index contributed by atoms with van der Waals surface area (Å²) in [5.41, 5.74) is 1.28. The van der Waals surface area contributed by atoms with Gasteiger partial charge in [0, 0.05) is 31.2 Å². The number of hydrogen-bond acceptors (Lipinski definition) is 1. The maximum Gasteiger partial charge on any atom is 0.193 e. The van der Waals surface area contributed by atoms with Crippen LogP contribution < -0.4 is 5.32 Å². The predicted molar refractivity (Wildman–Crippen MR) is 95.1 cm³/mol. The van der Waals surface area contributed by atoms with E-state index in [0.717, 1.165) is 22.9 Å². The van der Waals surface area contributed by atoms with E-state index in [4.69, 9.17) is 0 Å². The fourth-order valence-electron chi connectivity index (χ4n) is 1.97. The maximum absolute atomic E-state index is 4.34. The summed E-state index contributed by atoms with van der Waals surface area (Å²) in [5.74, 6) is 1.76. The van der Waals surface area contributed by atoms with Crippen molar-refractivity contribution < 1.29 is 0 Å². The number of benzene rings is 1. The molecule has 1 aromatic carbocycles. The summed E-state index contributed by atoms with van der Waals surface area (Å²) in [6.07, 6.45) is 1.26. The molecule has 1 aromatic rings. The van der Waals surface area contributed by atoms with Crippen molar-refractivity contribution in [1.82, 2.24) is 10.2 Å². The van der Waals surface area contributed by atoms with Crippen molar-refractivity contribution >= 4 is 45.9 Å². The highest BCUT2D eigenvalue weighted by atomic mass is 127. The molecule has 2 unspecified atom stereocenters. The lowest BCUT2D eigenvalue weighted by atomic mass is 10.2. The Kier molecular flexibility index (Phi) is 6.59. The first kappa shape index (κ1) is 16.8. The van der Waals surface area contributed by atoms with Crippen molar-refractivity contribution in [2.75, 3.05) is 14.1 Å². The lowest BCUT2D eigenvalue weighted by Gasteiger charge is -2.22. The Morgan fingerprint density at radius 2 is 2.00 bits per heavy atom. The molecule has 0 bridgehead atoms. The number of guanidine groups is 1. The van der Waals surface area contributed by atoms with Crippen LogP contribution in [-0.2, 0) is 6.54 Å². The Balaban J connectivity index is 0.00000180. The van der Waals surface area contributed by atoms with Crippen LogP contribution in [0, 0.1) is 5.92 Å². The van der Waals surface area contributed by atoms with Crippen LogP contribution in [0.4, 0.5) is 0 Å². The zero-order chi connectivity index (χ0) is 13.1. The number of hydrogen-bond donors (Lipinski definition) is 1. The van der Waals surface area contributed by atoms with Gasteiger partial charge in [-0.1, -0.05) is 35.0 Å². The van der Waals surface area contributed by atoms with E-state index >= 15 is 0 Å². The third-order valence-corrected chi connectivity index (χ3v) is 3.86. The molecule has 0 spiro atoms. The van der Waals surface area contributed by atoms with E-state index < -0.39 is 0 Å². The molecule has 0 heterocycles. The highest BCUT2D eigenvalue weighted by molar-refractivity contribution is 14.0. The zero-order valence-corrected chi connectivity index (χ0v) is 15.5. The first-order valence-electron chi connectivity index (χ1n) is 6.29. The molecule has 1 N–H and O–H groups in total. The van der Waals surface area contributed by atoms with Crippen LogP contribution in [-0.4, -0.2) is 31.0 Å². The minimum Gasteiger partial charge on any atom is -0.353 e. The molecule has 1 fully saturated rings. The summed E-state index contributed by atoms with van der Waals surface area (Å²) < 4.78 is 1.11. The largest absolute Gasteiger partial charge is 0.353 e. The SMILES string of the molecule is CN=C(NC1CC1C)N(C)Cc1ccc(Br)cc1.I. The second kappa shape index (κ2) is 7.47. The van der Waals surface area contributed by atoms with Gasteiger partial charge < -0.3 is 10.2 Å². The molecule has 0 amide bonds. The summed E-state index contributed by atoms with van der Waals surface area (Å²) in [6, 6.07) is 9.02. The zero-order valence-electron chi connectivity index (χ0n) is 11.6. The van der Waals surface area contributed by atoms with Gasteiger partial charge in [-0.3, -0.25) is 4.99 Å². The van der Waals surface area contributed by atoms with E-state index in [2.05, 4.69) is 69.4 Å². The van der Waals surface area contributed by atoms with Gasteiger partial charge in [0.1, 0.15) is 0 Å². The molecule has 1 aliphatic carbocycles. The molecule has 106 valence electrons. The van der Waals surface area contributed by atoms with Crippen LogP contribution in [0.15, 0.2) is 33.7 Å². The summed E-state index contributed by atoms with van der Waals surface area (Å²) in [4.78, 5) is 6.50. The van der Waals surface area contributed by atoms with E-state index in [-0.39, 0.29) is 24.0 Å². The third kappa shape index (κ3) is 4.95. The summed E-state index contributed by atoms with van der Waals surface area (Å²) >= 11 is 3.45.